The van der Waals surface area contributed by atoms with E-state index in [4.69, 9.17) is 0 Å². The Hall–Kier alpha value is -1.50. The molecule has 2 aromatic rings. The summed E-state index contributed by atoms with van der Waals surface area (Å²) in [5.41, 5.74) is 12.2. The molecule has 0 atom stereocenters. The molecular weight excluding hydrogens is 311 g/mol. The third-order valence-corrected chi connectivity index (χ3v) is 6.20. The first-order chi connectivity index (χ1) is 12.1. The van der Waals surface area contributed by atoms with Crippen LogP contribution in [0.5, 0.6) is 0 Å². The van der Waals surface area contributed by atoms with Gasteiger partial charge in [0.1, 0.15) is 0 Å². The third kappa shape index (κ3) is 3.04. The molecule has 0 saturated heterocycles. The molecule has 0 aliphatic carbocycles. The fourth-order valence-electron chi connectivity index (χ4n) is 4.58. The maximum Gasteiger partial charge on any atom is 0.208 e. The summed E-state index contributed by atoms with van der Waals surface area (Å²) in [6.07, 6.45) is 0. The van der Waals surface area contributed by atoms with Crippen molar-refractivity contribution < 1.29 is 0 Å². The summed E-state index contributed by atoms with van der Waals surface area (Å²) < 4.78 is 0. The molecule has 0 amide bonds. The summed E-state index contributed by atoms with van der Waals surface area (Å²) in [4.78, 5) is 0. The third-order valence-electron chi connectivity index (χ3n) is 6.20. The number of rotatable bonds is 4. The van der Waals surface area contributed by atoms with Gasteiger partial charge in [0.2, 0.25) is 6.71 Å². The Labute approximate surface area is 161 Å². The van der Waals surface area contributed by atoms with Crippen LogP contribution < -0.4 is 10.9 Å². The molecule has 0 unspecified atom stereocenters. The first kappa shape index (κ1) is 19.3. The maximum atomic E-state index is 2.49. The molecule has 138 valence electrons. The zero-order valence-electron chi connectivity index (χ0n) is 18.2. The van der Waals surface area contributed by atoms with Gasteiger partial charge in [-0.1, -0.05) is 97.4 Å². The van der Waals surface area contributed by atoms with Gasteiger partial charge in [0.05, 0.1) is 0 Å². The van der Waals surface area contributed by atoms with E-state index in [1.54, 1.807) is 22.1 Å². The number of benzene rings is 2. The van der Waals surface area contributed by atoms with Crippen molar-refractivity contribution in [2.24, 2.45) is 0 Å². The van der Waals surface area contributed by atoms with E-state index in [-0.39, 0.29) is 0 Å². The van der Waals surface area contributed by atoms with Crippen molar-refractivity contribution in [3.05, 3.63) is 46.5 Å². The van der Waals surface area contributed by atoms with Crippen LogP contribution in [-0.4, -0.2) is 6.71 Å². The Morgan fingerprint density at radius 1 is 0.538 bits per heavy atom. The molecule has 1 aliphatic heterocycles. The highest BCUT2D eigenvalue weighted by Gasteiger charge is 2.34. The van der Waals surface area contributed by atoms with Crippen molar-refractivity contribution in [3.63, 3.8) is 0 Å². The van der Waals surface area contributed by atoms with Crippen LogP contribution in [-0.2, 0) is 0 Å². The molecule has 0 saturated carbocycles. The first-order valence-electron chi connectivity index (χ1n) is 10.5. The lowest BCUT2D eigenvalue weighted by Crippen LogP contribution is -2.39. The molecule has 0 nitrogen and oxygen atoms in total. The highest BCUT2D eigenvalue weighted by Crippen LogP contribution is 2.35. The molecule has 0 bridgehead atoms. The van der Waals surface area contributed by atoms with Gasteiger partial charge in [0.15, 0.2) is 0 Å². The Morgan fingerprint density at radius 3 is 1.15 bits per heavy atom. The average molecular weight is 346 g/mol. The second-order valence-electron chi connectivity index (χ2n) is 9.48. The fraction of sp³-hybridized carbons (Fsp3) is 0.520. The lowest BCUT2D eigenvalue weighted by molar-refractivity contribution is 0.837. The number of hydrogen-bond acceptors (Lipinski definition) is 0. The average Bonchev–Trinajstić information content (AvgIpc) is 2.85. The molecular formula is C25H35B. The van der Waals surface area contributed by atoms with Gasteiger partial charge < -0.3 is 0 Å². The number of fused-ring (bicyclic) bond motifs is 3. The predicted molar refractivity (Wildman–Crippen MR) is 119 cm³/mol. The van der Waals surface area contributed by atoms with Crippen LogP contribution in [0.25, 0.3) is 11.1 Å². The lowest BCUT2D eigenvalue weighted by Gasteiger charge is -2.19. The Kier molecular flexibility index (Phi) is 5.12. The molecule has 0 spiro atoms. The van der Waals surface area contributed by atoms with Crippen LogP contribution in [0.3, 0.4) is 0 Å². The molecule has 0 aromatic heterocycles. The summed E-state index contributed by atoms with van der Waals surface area (Å²) in [5.74, 6) is 2.25. The second-order valence-corrected chi connectivity index (χ2v) is 9.48. The number of hydrogen-bond donors (Lipinski definition) is 0. The summed E-state index contributed by atoms with van der Waals surface area (Å²) in [7, 11) is 0. The predicted octanol–water partition coefficient (Wildman–Crippen LogP) is 6.40. The van der Waals surface area contributed by atoms with Gasteiger partial charge in [0.25, 0.3) is 0 Å². The topological polar surface area (TPSA) is 0 Å². The van der Waals surface area contributed by atoms with Crippen molar-refractivity contribution in [1.29, 1.82) is 0 Å². The summed E-state index contributed by atoms with van der Waals surface area (Å²) in [5, 5.41) is 0. The van der Waals surface area contributed by atoms with Crippen LogP contribution in [0.4, 0.5) is 0 Å². The molecule has 3 rings (SSSR count). The van der Waals surface area contributed by atoms with E-state index in [1.165, 1.54) is 22.3 Å². The van der Waals surface area contributed by atoms with Crippen LogP contribution in [0.1, 0.15) is 101 Å². The molecule has 0 fully saturated rings. The summed E-state index contributed by atoms with van der Waals surface area (Å²) in [6.45, 7) is 21.6. The normalized spacial score (nSPS) is 13.3. The molecule has 1 aliphatic rings. The maximum absolute atomic E-state index is 2.49. The van der Waals surface area contributed by atoms with Crippen molar-refractivity contribution >= 4 is 17.6 Å². The van der Waals surface area contributed by atoms with Gasteiger partial charge in [-0.2, -0.15) is 0 Å². The van der Waals surface area contributed by atoms with Crippen LogP contribution in [0.2, 0.25) is 6.82 Å². The zero-order valence-corrected chi connectivity index (χ0v) is 18.2. The minimum Gasteiger partial charge on any atom is -0.0773 e. The second kappa shape index (κ2) is 6.91. The smallest absolute Gasteiger partial charge is 0.0773 e. The molecule has 1 heterocycles. The van der Waals surface area contributed by atoms with Crippen molar-refractivity contribution in [1.82, 2.24) is 0 Å². The van der Waals surface area contributed by atoms with Crippen molar-refractivity contribution in [3.8, 4) is 11.1 Å². The van der Waals surface area contributed by atoms with E-state index in [0.29, 0.717) is 30.4 Å². The molecule has 26 heavy (non-hydrogen) atoms. The molecule has 0 radical (unpaired) electrons. The van der Waals surface area contributed by atoms with Crippen LogP contribution in [0.15, 0.2) is 24.3 Å². The van der Waals surface area contributed by atoms with Crippen LogP contribution in [0, 0.1) is 0 Å². The van der Waals surface area contributed by atoms with Gasteiger partial charge in [-0.05, 0) is 57.1 Å². The van der Waals surface area contributed by atoms with E-state index in [1.807, 2.05) is 0 Å². The molecule has 0 N–H and O–H groups in total. The zero-order chi connectivity index (χ0) is 19.3. The van der Waals surface area contributed by atoms with Gasteiger partial charge in [-0.25, -0.2) is 0 Å². The van der Waals surface area contributed by atoms with Gasteiger partial charge in [-0.3, -0.25) is 0 Å². The first-order valence-corrected chi connectivity index (χ1v) is 10.5. The van der Waals surface area contributed by atoms with Crippen LogP contribution >= 0.6 is 0 Å². The SMILES string of the molecule is CB1c2c(cc(C(C)C)cc2C(C)C)-c2cc(C(C)C)cc(C(C)C)c21. The Morgan fingerprint density at radius 2 is 0.885 bits per heavy atom. The van der Waals surface area contributed by atoms with E-state index in [2.05, 4.69) is 86.5 Å². The van der Waals surface area contributed by atoms with Gasteiger partial charge in [-0.15, -0.1) is 0 Å². The highest BCUT2D eigenvalue weighted by molar-refractivity contribution is 6.89. The standard InChI is InChI=1S/C25H35B/c1-14(2)18-10-20(16(5)6)24-22(12-18)23-13-19(15(3)4)11-21(17(7)8)25(23)26(24)9/h10-17H,1-9H3. The van der Waals surface area contributed by atoms with Crippen molar-refractivity contribution in [2.45, 2.75) is 85.9 Å². The highest BCUT2D eigenvalue weighted by atomic mass is 14.3. The lowest BCUT2D eigenvalue weighted by atomic mass is 9.42. The van der Waals surface area contributed by atoms with E-state index in [0.717, 1.165) is 0 Å². The van der Waals surface area contributed by atoms with Gasteiger partial charge >= 0.3 is 0 Å². The van der Waals surface area contributed by atoms with Gasteiger partial charge in [0, 0.05) is 0 Å². The van der Waals surface area contributed by atoms with Crippen molar-refractivity contribution in [2.75, 3.05) is 0 Å². The minimum atomic E-state index is 0.497. The Bertz CT molecular complexity index is 755. The summed E-state index contributed by atoms with van der Waals surface area (Å²) >= 11 is 0. The minimum absolute atomic E-state index is 0.497. The quantitative estimate of drug-likeness (QED) is 0.562. The molecule has 1 heteroatoms. The largest absolute Gasteiger partial charge is 0.208 e. The van der Waals surface area contributed by atoms with E-state index < -0.39 is 0 Å². The fourth-order valence-corrected chi connectivity index (χ4v) is 4.58. The summed E-state index contributed by atoms with van der Waals surface area (Å²) in [6, 6.07) is 9.94. The van der Waals surface area contributed by atoms with E-state index >= 15 is 0 Å². The molecule has 2 aromatic carbocycles. The Balaban J connectivity index is 2.38. The monoisotopic (exact) mass is 346 g/mol. The van der Waals surface area contributed by atoms with E-state index in [9.17, 15) is 0 Å².